The fourth-order valence-electron chi connectivity index (χ4n) is 2.99. The maximum Gasteiger partial charge on any atom is 0.269 e. The topological polar surface area (TPSA) is 110 Å². The van der Waals surface area contributed by atoms with Gasteiger partial charge < -0.3 is 5.32 Å². The fraction of sp³-hybridized carbons (Fsp3) is 0.211. The number of nitrogens with one attached hydrogen (secondary N) is 1. The number of imide groups is 1. The van der Waals surface area contributed by atoms with Crippen LogP contribution in [0.4, 0.5) is 11.4 Å². The number of nitrogens with zero attached hydrogens (tertiary/aromatic N) is 2. The van der Waals surface area contributed by atoms with Crippen LogP contribution in [0.15, 0.2) is 48.5 Å². The number of benzene rings is 2. The molecule has 28 heavy (non-hydrogen) atoms. The normalized spacial score (nSPS) is 14.0. The molecule has 8 nitrogen and oxygen atoms in total. The lowest BCUT2D eigenvalue weighted by Crippen LogP contribution is -2.47. The minimum absolute atomic E-state index is 0.0997. The number of anilines is 1. The van der Waals surface area contributed by atoms with Crippen molar-refractivity contribution in [3.63, 3.8) is 0 Å². The summed E-state index contributed by atoms with van der Waals surface area (Å²) in [5.74, 6) is -0.931. The second-order valence-electron chi connectivity index (χ2n) is 6.12. The third-order valence-corrected chi connectivity index (χ3v) is 5.02. The molecule has 1 aliphatic rings. The molecule has 2 aromatic rings. The number of thioether (sulfide) groups is 1. The number of carbonyl (C=O) groups excluding carboxylic acids is 3. The van der Waals surface area contributed by atoms with Gasteiger partial charge >= 0.3 is 0 Å². The monoisotopic (exact) mass is 399 g/mol. The Bertz CT molecular complexity index is 910. The van der Waals surface area contributed by atoms with E-state index >= 15 is 0 Å². The van der Waals surface area contributed by atoms with Crippen molar-refractivity contribution in [2.24, 2.45) is 0 Å². The van der Waals surface area contributed by atoms with Gasteiger partial charge in [-0.05, 0) is 42.7 Å². The smallest absolute Gasteiger partial charge is 0.269 e. The molecule has 0 spiro atoms. The molecular weight excluding hydrogens is 382 g/mol. The predicted octanol–water partition coefficient (Wildman–Crippen LogP) is 2.95. The number of non-ortho nitro benzene ring substituents is 1. The van der Waals surface area contributed by atoms with E-state index in [4.69, 9.17) is 0 Å². The molecule has 0 saturated carbocycles. The first-order valence-electron chi connectivity index (χ1n) is 8.45. The summed E-state index contributed by atoms with van der Waals surface area (Å²) in [7, 11) is 0. The lowest BCUT2D eigenvalue weighted by molar-refractivity contribution is -0.384. The van der Waals surface area contributed by atoms with Crippen molar-refractivity contribution >= 4 is 40.9 Å². The molecule has 0 saturated heterocycles. The van der Waals surface area contributed by atoms with Crippen LogP contribution in [0.5, 0.6) is 0 Å². The summed E-state index contributed by atoms with van der Waals surface area (Å²) in [6, 6.07) is 10.8. The number of nitro groups is 1. The zero-order valence-corrected chi connectivity index (χ0v) is 15.8. The van der Waals surface area contributed by atoms with Crippen LogP contribution in [0.3, 0.4) is 0 Å². The minimum atomic E-state index is -0.977. The van der Waals surface area contributed by atoms with Gasteiger partial charge in [0, 0.05) is 17.8 Å². The van der Waals surface area contributed by atoms with Crippen LogP contribution in [0.25, 0.3) is 0 Å². The molecule has 3 amide bonds. The number of fused-ring (bicyclic) bond motifs is 1. The Hall–Kier alpha value is -3.20. The van der Waals surface area contributed by atoms with Crippen molar-refractivity contribution in [1.29, 1.82) is 0 Å². The molecule has 1 N–H and O–H groups in total. The van der Waals surface area contributed by atoms with Crippen LogP contribution >= 0.6 is 11.8 Å². The molecule has 0 bridgehead atoms. The van der Waals surface area contributed by atoms with Crippen molar-refractivity contribution in [2.45, 2.75) is 12.5 Å². The second-order valence-corrected chi connectivity index (χ2v) is 7.10. The average Bonchev–Trinajstić information content (AvgIpc) is 2.94. The first kappa shape index (κ1) is 19.6. The molecular formula is C19H17N3O5S. The van der Waals surface area contributed by atoms with Gasteiger partial charge in [0.05, 0.1) is 16.1 Å². The molecule has 0 radical (unpaired) electrons. The lowest BCUT2D eigenvalue weighted by atomic mass is 10.1. The van der Waals surface area contributed by atoms with Crippen LogP contribution in [0.2, 0.25) is 0 Å². The summed E-state index contributed by atoms with van der Waals surface area (Å²) in [6.07, 6.45) is 2.17. The van der Waals surface area contributed by atoms with E-state index in [0.717, 1.165) is 4.90 Å². The highest BCUT2D eigenvalue weighted by molar-refractivity contribution is 7.98. The van der Waals surface area contributed by atoms with Gasteiger partial charge in [-0.1, -0.05) is 12.1 Å². The third kappa shape index (κ3) is 3.74. The quantitative estimate of drug-likeness (QED) is 0.435. The van der Waals surface area contributed by atoms with Gasteiger partial charge in [-0.25, -0.2) is 0 Å². The number of amides is 3. The SMILES string of the molecule is CSCC[C@H](C(=O)Nc1ccc([N+](=O)[O-])cc1)N1C(=O)c2ccccc2C1=O. The highest BCUT2D eigenvalue weighted by Gasteiger charge is 2.42. The van der Waals surface area contributed by atoms with E-state index in [2.05, 4.69) is 5.32 Å². The number of rotatable bonds is 7. The van der Waals surface area contributed by atoms with Gasteiger partial charge in [0.1, 0.15) is 6.04 Å². The van der Waals surface area contributed by atoms with E-state index in [1.807, 2.05) is 6.26 Å². The van der Waals surface area contributed by atoms with Gasteiger partial charge in [-0.3, -0.25) is 29.4 Å². The van der Waals surface area contributed by atoms with Crippen molar-refractivity contribution in [2.75, 3.05) is 17.3 Å². The van der Waals surface area contributed by atoms with Crippen LogP contribution in [-0.2, 0) is 4.79 Å². The van der Waals surface area contributed by atoms with Gasteiger partial charge in [0.25, 0.3) is 17.5 Å². The fourth-order valence-corrected chi connectivity index (χ4v) is 3.45. The maximum absolute atomic E-state index is 12.9. The Morgan fingerprint density at radius 3 is 2.18 bits per heavy atom. The molecule has 0 fully saturated rings. The van der Waals surface area contributed by atoms with E-state index < -0.39 is 28.7 Å². The minimum Gasteiger partial charge on any atom is -0.324 e. The van der Waals surface area contributed by atoms with E-state index in [0.29, 0.717) is 17.9 Å². The van der Waals surface area contributed by atoms with Crippen molar-refractivity contribution in [1.82, 2.24) is 4.90 Å². The lowest BCUT2D eigenvalue weighted by Gasteiger charge is -2.25. The summed E-state index contributed by atoms with van der Waals surface area (Å²) >= 11 is 1.50. The number of carbonyl (C=O) groups is 3. The van der Waals surface area contributed by atoms with Crippen LogP contribution in [0.1, 0.15) is 27.1 Å². The Balaban J connectivity index is 1.84. The molecule has 0 aliphatic carbocycles. The summed E-state index contributed by atoms with van der Waals surface area (Å²) in [6.45, 7) is 0. The van der Waals surface area contributed by atoms with Gasteiger partial charge in [-0.2, -0.15) is 11.8 Å². The summed E-state index contributed by atoms with van der Waals surface area (Å²) in [5.41, 5.74) is 0.813. The summed E-state index contributed by atoms with van der Waals surface area (Å²) in [4.78, 5) is 49.5. The predicted molar refractivity (Wildman–Crippen MR) is 105 cm³/mol. The van der Waals surface area contributed by atoms with Crippen LogP contribution in [-0.4, -0.2) is 45.6 Å². The largest absolute Gasteiger partial charge is 0.324 e. The zero-order valence-electron chi connectivity index (χ0n) is 15.0. The van der Waals surface area contributed by atoms with Crippen molar-refractivity contribution < 1.29 is 19.3 Å². The third-order valence-electron chi connectivity index (χ3n) is 4.38. The number of nitro benzene ring substituents is 1. The first-order chi connectivity index (χ1) is 13.4. The van der Waals surface area contributed by atoms with Gasteiger partial charge in [-0.15, -0.1) is 0 Å². The molecule has 0 unspecified atom stereocenters. The number of hydrogen-bond donors (Lipinski definition) is 1. The molecule has 1 aliphatic heterocycles. The highest BCUT2D eigenvalue weighted by atomic mass is 32.2. The molecule has 1 atom stereocenters. The van der Waals surface area contributed by atoms with Crippen LogP contribution in [0, 0.1) is 10.1 Å². The maximum atomic E-state index is 12.9. The van der Waals surface area contributed by atoms with Crippen LogP contribution < -0.4 is 5.32 Å². The zero-order chi connectivity index (χ0) is 20.3. The van der Waals surface area contributed by atoms with Gasteiger partial charge in [0.15, 0.2) is 0 Å². The Morgan fingerprint density at radius 1 is 1.11 bits per heavy atom. The molecule has 2 aromatic carbocycles. The molecule has 0 aromatic heterocycles. The Kier molecular flexibility index (Phi) is 5.74. The van der Waals surface area contributed by atoms with E-state index in [-0.39, 0.29) is 16.8 Å². The second kappa shape index (κ2) is 8.22. The molecule has 1 heterocycles. The average molecular weight is 399 g/mol. The summed E-state index contributed by atoms with van der Waals surface area (Å²) in [5, 5.41) is 13.4. The number of hydrogen-bond acceptors (Lipinski definition) is 6. The highest BCUT2D eigenvalue weighted by Crippen LogP contribution is 2.27. The Labute approximate surface area is 165 Å². The standard InChI is InChI=1S/C19H17N3O5S/c1-28-11-10-16(17(23)20-12-6-8-13(9-7-12)22(26)27)21-18(24)14-4-2-3-5-15(14)19(21)25/h2-9,16H,10-11H2,1H3,(H,20,23)/t16-/m1/s1. The molecule has 144 valence electrons. The Morgan fingerprint density at radius 2 is 1.68 bits per heavy atom. The molecule has 9 heteroatoms. The van der Waals surface area contributed by atoms with E-state index in [1.54, 1.807) is 24.3 Å². The molecule has 3 rings (SSSR count). The van der Waals surface area contributed by atoms with E-state index in [1.165, 1.54) is 36.0 Å². The van der Waals surface area contributed by atoms with Gasteiger partial charge in [0.2, 0.25) is 5.91 Å². The first-order valence-corrected chi connectivity index (χ1v) is 9.84. The van der Waals surface area contributed by atoms with E-state index in [9.17, 15) is 24.5 Å². The summed E-state index contributed by atoms with van der Waals surface area (Å²) < 4.78 is 0. The van der Waals surface area contributed by atoms with Crippen molar-refractivity contribution in [3.8, 4) is 0 Å². The van der Waals surface area contributed by atoms with Crippen molar-refractivity contribution in [3.05, 3.63) is 69.8 Å².